The van der Waals surface area contributed by atoms with E-state index in [1.165, 1.54) is 12.8 Å². The quantitative estimate of drug-likeness (QED) is 0.754. The Morgan fingerprint density at radius 3 is 2.90 bits per heavy atom. The Balaban J connectivity index is 1.22. The molecule has 6 rings (SSSR count). The van der Waals surface area contributed by atoms with Gasteiger partial charge in [-0.2, -0.15) is 0 Å². The normalized spacial score (nSPS) is 31.8. The summed E-state index contributed by atoms with van der Waals surface area (Å²) in [5.41, 5.74) is 1.37. The predicted molar refractivity (Wildman–Crippen MR) is 115 cm³/mol. The van der Waals surface area contributed by atoms with Crippen molar-refractivity contribution in [3.63, 3.8) is 0 Å². The van der Waals surface area contributed by atoms with Gasteiger partial charge in [-0.05, 0) is 31.9 Å². The maximum Gasteiger partial charge on any atom is 0.230 e. The fourth-order valence-electron chi connectivity index (χ4n) is 6.25. The van der Waals surface area contributed by atoms with Crippen molar-refractivity contribution in [3.8, 4) is 0 Å². The molecule has 2 amide bonds. The molecule has 1 aromatic carbocycles. The molecular weight excluding hydrogens is 392 g/mol. The van der Waals surface area contributed by atoms with E-state index in [1.54, 1.807) is 0 Å². The molecule has 2 bridgehead atoms. The van der Waals surface area contributed by atoms with Crippen LogP contribution in [0.4, 0.5) is 0 Å². The van der Waals surface area contributed by atoms with E-state index < -0.39 is 17.4 Å². The van der Waals surface area contributed by atoms with Gasteiger partial charge in [-0.25, -0.2) is 4.98 Å². The van der Waals surface area contributed by atoms with Crippen molar-refractivity contribution >= 4 is 22.8 Å². The van der Waals surface area contributed by atoms with Crippen LogP contribution < -0.4 is 5.32 Å². The van der Waals surface area contributed by atoms with Crippen LogP contribution in [-0.4, -0.2) is 50.6 Å². The van der Waals surface area contributed by atoms with Gasteiger partial charge in [0, 0.05) is 12.6 Å². The molecule has 162 valence electrons. The highest BCUT2D eigenvalue weighted by Gasteiger charge is 2.67. The number of para-hydroxylation sites is 2. The molecule has 4 aliphatic rings. The summed E-state index contributed by atoms with van der Waals surface area (Å²) in [6.45, 7) is 3.79. The van der Waals surface area contributed by atoms with Crippen molar-refractivity contribution < 1.29 is 14.3 Å². The first-order valence-corrected chi connectivity index (χ1v) is 11.5. The standard InChI is InChI=1S/C24H28N4O3/c1-2-27-17-10-6-5-9-16(17)26-19(27)13-25-22(29)20-18-11-12-24(31-18)14-28(23(30)21(20)24)15-7-3-4-8-15/h5-6,9-12,15,18,20-21H,2-4,7-8,13-14H2,1H3,(H,25,29)/t18-,20-,21-,24+/m1/s1. The number of aromatic nitrogens is 2. The van der Waals surface area contributed by atoms with Gasteiger partial charge in [0.1, 0.15) is 11.4 Å². The summed E-state index contributed by atoms with van der Waals surface area (Å²) >= 11 is 0. The highest BCUT2D eigenvalue weighted by molar-refractivity contribution is 5.93. The van der Waals surface area contributed by atoms with Gasteiger partial charge in [0.05, 0.1) is 42.1 Å². The Morgan fingerprint density at radius 2 is 2.10 bits per heavy atom. The van der Waals surface area contributed by atoms with Crippen LogP contribution in [0.1, 0.15) is 38.4 Å². The maximum atomic E-state index is 13.4. The molecular formula is C24H28N4O3. The van der Waals surface area contributed by atoms with Gasteiger partial charge in [0.2, 0.25) is 11.8 Å². The van der Waals surface area contributed by atoms with E-state index in [9.17, 15) is 9.59 Å². The van der Waals surface area contributed by atoms with Gasteiger partial charge in [-0.1, -0.05) is 37.1 Å². The van der Waals surface area contributed by atoms with Gasteiger partial charge >= 0.3 is 0 Å². The van der Waals surface area contributed by atoms with Crippen molar-refractivity contribution in [1.82, 2.24) is 19.8 Å². The highest BCUT2D eigenvalue weighted by atomic mass is 16.5. The lowest BCUT2D eigenvalue weighted by Crippen LogP contribution is -2.44. The SMILES string of the molecule is CCn1c(CNC(=O)[C@@H]2[C@H]3C=C[C@@]4(CN(C5CCCC5)C(=O)[C@@H]24)O3)nc2ccccc21. The lowest BCUT2D eigenvalue weighted by molar-refractivity contribution is -0.138. The second-order valence-electron chi connectivity index (χ2n) is 9.28. The molecule has 1 N–H and O–H groups in total. The average Bonchev–Trinajstić information content (AvgIpc) is 3.57. The van der Waals surface area contributed by atoms with E-state index in [2.05, 4.69) is 16.8 Å². The number of likely N-dealkylation sites (tertiary alicyclic amines) is 1. The Morgan fingerprint density at radius 1 is 1.29 bits per heavy atom. The fourth-order valence-corrected chi connectivity index (χ4v) is 6.25. The number of carbonyl (C=O) groups excluding carboxylic acids is 2. The molecule has 3 fully saturated rings. The minimum atomic E-state index is -0.622. The molecule has 2 saturated heterocycles. The molecule has 1 aromatic heterocycles. The van der Waals surface area contributed by atoms with E-state index in [-0.39, 0.29) is 17.9 Å². The molecule has 1 spiro atoms. The van der Waals surface area contributed by atoms with Crippen LogP contribution in [0.5, 0.6) is 0 Å². The number of hydrogen-bond donors (Lipinski definition) is 1. The topological polar surface area (TPSA) is 76.5 Å². The van der Waals surface area contributed by atoms with Gasteiger partial charge in [-0.15, -0.1) is 0 Å². The van der Waals surface area contributed by atoms with Crippen LogP contribution in [0.15, 0.2) is 36.4 Å². The number of nitrogens with one attached hydrogen (secondary N) is 1. The number of benzene rings is 1. The summed E-state index contributed by atoms with van der Waals surface area (Å²) in [5, 5.41) is 3.07. The molecule has 0 unspecified atom stereocenters. The summed E-state index contributed by atoms with van der Waals surface area (Å²) in [6, 6.07) is 8.30. The summed E-state index contributed by atoms with van der Waals surface area (Å²) in [7, 11) is 0. The Kier molecular flexibility index (Phi) is 4.25. The molecule has 4 heterocycles. The molecule has 1 saturated carbocycles. The monoisotopic (exact) mass is 420 g/mol. The zero-order valence-corrected chi connectivity index (χ0v) is 17.8. The number of rotatable bonds is 5. The van der Waals surface area contributed by atoms with Crippen molar-refractivity contribution in [2.75, 3.05) is 6.54 Å². The molecule has 0 radical (unpaired) electrons. The number of fused-ring (bicyclic) bond motifs is 2. The third kappa shape index (κ3) is 2.72. The minimum Gasteiger partial charge on any atom is -0.360 e. The maximum absolute atomic E-state index is 13.4. The number of imidazole rings is 1. The molecule has 3 aliphatic heterocycles. The van der Waals surface area contributed by atoms with Crippen LogP contribution in [0.25, 0.3) is 11.0 Å². The number of ether oxygens (including phenoxy) is 1. The average molecular weight is 421 g/mol. The summed E-state index contributed by atoms with van der Waals surface area (Å²) in [5.74, 6) is -0.0644. The first-order chi connectivity index (χ1) is 15.1. The first kappa shape index (κ1) is 19.0. The van der Waals surface area contributed by atoms with Gasteiger partial charge < -0.3 is 19.5 Å². The van der Waals surface area contributed by atoms with Crippen LogP contribution in [0.2, 0.25) is 0 Å². The highest BCUT2D eigenvalue weighted by Crippen LogP contribution is 2.53. The fraction of sp³-hybridized carbons (Fsp3) is 0.542. The smallest absolute Gasteiger partial charge is 0.230 e. The lowest BCUT2D eigenvalue weighted by Gasteiger charge is -2.27. The lowest BCUT2D eigenvalue weighted by atomic mass is 9.77. The molecule has 1 aliphatic carbocycles. The van der Waals surface area contributed by atoms with E-state index in [0.29, 0.717) is 19.1 Å². The number of amides is 2. The molecule has 7 nitrogen and oxygen atoms in total. The molecule has 7 heteroatoms. The number of hydrogen-bond acceptors (Lipinski definition) is 4. The van der Waals surface area contributed by atoms with Gasteiger partial charge in [-0.3, -0.25) is 9.59 Å². The Labute approximate surface area is 181 Å². The Bertz CT molecular complexity index is 1090. The molecule has 4 atom stereocenters. The van der Waals surface area contributed by atoms with E-state index in [1.807, 2.05) is 41.3 Å². The minimum absolute atomic E-state index is 0.0969. The first-order valence-electron chi connectivity index (χ1n) is 11.5. The van der Waals surface area contributed by atoms with Crippen LogP contribution in [0, 0.1) is 11.8 Å². The largest absolute Gasteiger partial charge is 0.360 e. The van der Waals surface area contributed by atoms with Crippen LogP contribution >= 0.6 is 0 Å². The molecule has 31 heavy (non-hydrogen) atoms. The number of nitrogens with zero attached hydrogens (tertiary/aromatic N) is 3. The van der Waals surface area contributed by atoms with Crippen LogP contribution in [0.3, 0.4) is 0 Å². The van der Waals surface area contributed by atoms with Crippen LogP contribution in [-0.2, 0) is 27.4 Å². The predicted octanol–water partition coefficient (Wildman–Crippen LogP) is 2.40. The van der Waals surface area contributed by atoms with Gasteiger partial charge in [0.15, 0.2) is 0 Å². The number of carbonyl (C=O) groups is 2. The van der Waals surface area contributed by atoms with Gasteiger partial charge in [0.25, 0.3) is 0 Å². The summed E-state index contributed by atoms with van der Waals surface area (Å²) in [4.78, 5) is 33.4. The summed E-state index contributed by atoms with van der Waals surface area (Å²) < 4.78 is 8.39. The second-order valence-corrected chi connectivity index (χ2v) is 9.28. The van der Waals surface area contributed by atoms with E-state index in [0.717, 1.165) is 36.2 Å². The molecule has 2 aromatic rings. The second kappa shape index (κ2) is 6.92. The third-order valence-electron chi connectivity index (χ3n) is 7.67. The number of aryl methyl sites for hydroxylation is 1. The third-order valence-corrected chi connectivity index (χ3v) is 7.67. The van der Waals surface area contributed by atoms with E-state index in [4.69, 9.17) is 9.72 Å². The van der Waals surface area contributed by atoms with Crippen molar-refractivity contribution in [3.05, 3.63) is 42.2 Å². The summed E-state index contributed by atoms with van der Waals surface area (Å²) in [6.07, 6.45) is 8.17. The Hall–Kier alpha value is -2.67. The van der Waals surface area contributed by atoms with E-state index >= 15 is 0 Å². The zero-order chi connectivity index (χ0) is 21.2. The van der Waals surface area contributed by atoms with Crippen molar-refractivity contribution in [2.24, 2.45) is 11.8 Å². The zero-order valence-electron chi connectivity index (χ0n) is 17.8. The van der Waals surface area contributed by atoms with Crippen molar-refractivity contribution in [1.29, 1.82) is 0 Å². The van der Waals surface area contributed by atoms with Crippen molar-refractivity contribution in [2.45, 2.75) is 63.4 Å².